The van der Waals surface area contributed by atoms with E-state index < -0.39 is 0 Å². The molecule has 1 fully saturated rings. The van der Waals surface area contributed by atoms with Crippen molar-refractivity contribution in [3.8, 4) is 5.75 Å². The van der Waals surface area contributed by atoms with Crippen molar-refractivity contribution in [1.82, 2.24) is 0 Å². The van der Waals surface area contributed by atoms with Crippen LogP contribution in [0.3, 0.4) is 0 Å². The molecule has 2 rings (SSSR count). The Labute approximate surface area is 96.5 Å². The van der Waals surface area contributed by atoms with Gasteiger partial charge in [0.05, 0.1) is 19.8 Å². The first-order valence-corrected chi connectivity index (χ1v) is 5.78. The van der Waals surface area contributed by atoms with Crippen molar-refractivity contribution in [3.05, 3.63) is 29.8 Å². The zero-order chi connectivity index (χ0) is 11.4. The van der Waals surface area contributed by atoms with Crippen LogP contribution in [-0.4, -0.2) is 19.3 Å². The Bertz CT molecular complexity index is 323. The van der Waals surface area contributed by atoms with E-state index >= 15 is 0 Å². The molecule has 0 amide bonds. The summed E-state index contributed by atoms with van der Waals surface area (Å²) in [6.45, 7) is 0.668. The summed E-state index contributed by atoms with van der Waals surface area (Å²) in [5, 5.41) is 0. The third kappa shape index (κ3) is 2.97. The van der Waals surface area contributed by atoms with Gasteiger partial charge in [0.25, 0.3) is 0 Å². The normalized spacial score (nSPS) is 24.6. The van der Waals surface area contributed by atoms with Crippen LogP contribution >= 0.6 is 0 Å². The Morgan fingerprint density at radius 2 is 2.00 bits per heavy atom. The summed E-state index contributed by atoms with van der Waals surface area (Å²) in [5.41, 5.74) is 7.02. The molecule has 0 bridgehead atoms. The van der Waals surface area contributed by atoms with E-state index in [2.05, 4.69) is 0 Å². The van der Waals surface area contributed by atoms with E-state index in [0.29, 0.717) is 18.8 Å². The molecule has 2 atom stereocenters. The molecule has 1 aliphatic carbocycles. The Kier molecular flexibility index (Phi) is 3.80. The number of hydrogen-bond donors (Lipinski definition) is 1. The molecule has 0 aliphatic heterocycles. The molecule has 0 heterocycles. The molecular weight excluding hydrogens is 202 g/mol. The first-order valence-electron chi connectivity index (χ1n) is 5.78. The second-order valence-corrected chi connectivity index (χ2v) is 4.35. The van der Waals surface area contributed by atoms with Crippen LogP contribution in [0.25, 0.3) is 0 Å². The summed E-state index contributed by atoms with van der Waals surface area (Å²) in [7, 11) is 1.67. The minimum absolute atomic E-state index is 0.334. The second-order valence-electron chi connectivity index (χ2n) is 4.35. The fraction of sp³-hybridized carbons (Fsp3) is 0.538. The lowest BCUT2D eigenvalue weighted by Crippen LogP contribution is -2.17. The topological polar surface area (TPSA) is 44.5 Å². The highest BCUT2D eigenvalue weighted by Crippen LogP contribution is 2.22. The van der Waals surface area contributed by atoms with Gasteiger partial charge in [-0.05, 0) is 37.0 Å². The van der Waals surface area contributed by atoms with Gasteiger partial charge >= 0.3 is 0 Å². The van der Waals surface area contributed by atoms with E-state index in [4.69, 9.17) is 15.2 Å². The van der Waals surface area contributed by atoms with Crippen molar-refractivity contribution in [3.63, 3.8) is 0 Å². The molecule has 1 saturated carbocycles. The molecule has 16 heavy (non-hydrogen) atoms. The first kappa shape index (κ1) is 11.4. The Hall–Kier alpha value is -1.06. The average Bonchev–Trinajstić information content (AvgIpc) is 2.73. The summed E-state index contributed by atoms with van der Waals surface area (Å²) in [6, 6.07) is 8.32. The van der Waals surface area contributed by atoms with Crippen LogP contribution in [0.5, 0.6) is 5.75 Å². The van der Waals surface area contributed by atoms with E-state index in [9.17, 15) is 0 Å². The van der Waals surface area contributed by atoms with Crippen molar-refractivity contribution in [1.29, 1.82) is 0 Å². The van der Waals surface area contributed by atoms with Gasteiger partial charge in [0.1, 0.15) is 5.75 Å². The van der Waals surface area contributed by atoms with Crippen LogP contribution in [-0.2, 0) is 11.3 Å². The van der Waals surface area contributed by atoms with E-state index in [0.717, 1.165) is 25.0 Å². The van der Waals surface area contributed by atoms with Crippen LogP contribution in [0.15, 0.2) is 24.3 Å². The lowest BCUT2D eigenvalue weighted by atomic mass is 10.2. The standard InChI is InChI=1S/C13H19NO2/c1-15-12-5-2-10(3-6-12)9-16-13-7-4-11(14)8-13/h2-3,5-6,11,13H,4,7-9,14H2,1H3. The number of hydrogen-bond acceptors (Lipinski definition) is 3. The minimum Gasteiger partial charge on any atom is -0.497 e. The van der Waals surface area contributed by atoms with E-state index in [1.807, 2.05) is 24.3 Å². The Morgan fingerprint density at radius 1 is 1.25 bits per heavy atom. The van der Waals surface area contributed by atoms with Gasteiger partial charge in [0.15, 0.2) is 0 Å². The number of methoxy groups -OCH3 is 1. The molecule has 2 N–H and O–H groups in total. The Balaban J connectivity index is 1.80. The molecule has 0 saturated heterocycles. The fourth-order valence-corrected chi connectivity index (χ4v) is 2.06. The summed E-state index contributed by atoms with van der Waals surface area (Å²) < 4.78 is 10.9. The van der Waals surface area contributed by atoms with Gasteiger partial charge in [-0.2, -0.15) is 0 Å². The van der Waals surface area contributed by atoms with E-state index in [-0.39, 0.29) is 0 Å². The molecule has 2 unspecified atom stereocenters. The highest BCUT2D eigenvalue weighted by atomic mass is 16.5. The minimum atomic E-state index is 0.334. The third-order valence-electron chi connectivity index (χ3n) is 3.07. The van der Waals surface area contributed by atoms with Crippen molar-refractivity contribution < 1.29 is 9.47 Å². The smallest absolute Gasteiger partial charge is 0.118 e. The Morgan fingerprint density at radius 3 is 2.56 bits per heavy atom. The van der Waals surface area contributed by atoms with Crippen molar-refractivity contribution in [2.24, 2.45) is 5.73 Å². The SMILES string of the molecule is COc1ccc(COC2CCC(N)C2)cc1. The molecule has 1 aliphatic rings. The summed E-state index contributed by atoms with van der Waals surface area (Å²) >= 11 is 0. The lowest BCUT2D eigenvalue weighted by Gasteiger charge is -2.11. The predicted molar refractivity (Wildman–Crippen MR) is 63.4 cm³/mol. The summed E-state index contributed by atoms with van der Waals surface area (Å²) in [4.78, 5) is 0. The molecule has 3 nitrogen and oxygen atoms in total. The molecular formula is C13H19NO2. The second kappa shape index (κ2) is 5.32. The number of ether oxygens (including phenoxy) is 2. The van der Waals surface area contributed by atoms with E-state index in [1.165, 1.54) is 5.56 Å². The quantitative estimate of drug-likeness (QED) is 0.846. The highest BCUT2D eigenvalue weighted by molar-refractivity contribution is 5.26. The number of benzene rings is 1. The number of nitrogens with two attached hydrogens (primary N) is 1. The van der Waals surface area contributed by atoms with Crippen LogP contribution in [0.1, 0.15) is 24.8 Å². The van der Waals surface area contributed by atoms with Gasteiger partial charge in [0.2, 0.25) is 0 Å². The molecule has 0 aromatic heterocycles. The van der Waals surface area contributed by atoms with Gasteiger partial charge in [-0.25, -0.2) is 0 Å². The molecule has 0 radical (unpaired) electrons. The van der Waals surface area contributed by atoms with Crippen molar-refractivity contribution >= 4 is 0 Å². The fourth-order valence-electron chi connectivity index (χ4n) is 2.06. The maximum Gasteiger partial charge on any atom is 0.118 e. The van der Waals surface area contributed by atoms with E-state index in [1.54, 1.807) is 7.11 Å². The first-order chi connectivity index (χ1) is 7.78. The largest absolute Gasteiger partial charge is 0.497 e. The van der Waals surface area contributed by atoms with Crippen molar-refractivity contribution in [2.75, 3.05) is 7.11 Å². The zero-order valence-corrected chi connectivity index (χ0v) is 9.69. The molecule has 88 valence electrons. The maximum absolute atomic E-state index is 5.84. The van der Waals surface area contributed by atoms with Gasteiger partial charge in [0, 0.05) is 6.04 Å². The van der Waals surface area contributed by atoms with Crippen LogP contribution in [0, 0.1) is 0 Å². The summed E-state index contributed by atoms with van der Waals surface area (Å²) in [5.74, 6) is 0.881. The van der Waals surface area contributed by atoms with Gasteiger partial charge in [-0.3, -0.25) is 0 Å². The monoisotopic (exact) mass is 221 g/mol. The van der Waals surface area contributed by atoms with Crippen molar-refractivity contribution in [2.45, 2.75) is 38.0 Å². The maximum atomic E-state index is 5.84. The van der Waals surface area contributed by atoms with Crippen LogP contribution in [0.4, 0.5) is 0 Å². The average molecular weight is 221 g/mol. The van der Waals surface area contributed by atoms with Crippen LogP contribution < -0.4 is 10.5 Å². The van der Waals surface area contributed by atoms with Crippen LogP contribution in [0.2, 0.25) is 0 Å². The lowest BCUT2D eigenvalue weighted by molar-refractivity contribution is 0.0448. The predicted octanol–water partition coefficient (Wildman–Crippen LogP) is 2.09. The molecule has 3 heteroatoms. The summed E-state index contributed by atoms with van der Waals surface area (Å²) in [6.07, 6.45) is 3.53. The molecule has 0 spiro atoms. The van der Waals surface area contributed by atoms with Gasteiger partial charge in [-0.15, -0.1) is 0 Å². The third-order valence-corrected chi connectivity index (χ3v) is 3.07. The highest BCUT2D eigenvalue weighted by Gasteiger charge is 2.21. The zero-order valence-electron chi connectivity index (χ0n) is 9.69. The number of rotatable bonds is 4. The molecule has 1 aromatic rings. The van der Waals surface area contributed by atoms with Gasteiger partial charge < -0.3 is 15.2 Å². The van der Waals surface area contributed by atoms with Gasteiger partial charge in [-0.1, -0.05) is 12.1 Å². The molecule has 1 aromatic carbocycles.